The van der Waals surface area contributed by atoms with Gasteiger partial charge in [0.15, 0.2) is 6.10 Å². The van der Waals surface area contributed by atoms with Gasteiger partial charge in [-0.3, -0.25) is 14.4 Å². The van der Waals surface area contributed by atoms with E-state index in [1.807, 2.05) is 0 Å². The summed E-state index contributed by atoms with van der Waals surface area (Å²) >= 11 is 5.98. The van der Waals surface area contributed by atoms with E-state index in [0.29, 0.717) is 10.8 Å². The molecule has 10 heteroatoms. The van der Waals surface area contributed by atoms with Crippen LogP contribution in [0.1, 0.15) is 27.7 Å². The van der Waals surface area contributed by atoms with Crippen LogP contribution in [0.15, 0.2) is 24.3 Å². The fourth-order valence-electron chi connectivity index (χ4n) is 2.29. The van der Waals surface area contributed by atoms with Gasteiger partial charge in [-0.1, -0.05) is 17.7 Å². The van der Waals surface area contributed by atoms with Crippen molar-refractivity contribution in [3.63, 3.8) is 0 Å². The third-order valence-corrected chi connectivity index (χ3v) is 3.77. The first-order valence-electron chi connectivity index (χ1n) is 8.88. The Bertz CT molecular complexity index is 699. The molecule has 0 aromatic heterocycles. The van der Waals surface area contributed by atoms with Crippen LogP contribution < -0.4 is 10.5 Å². The number of carbonyl (C=O) groups is 3. The number of benzene rings is 1. The van der Waals surface area contributed by atoms with Crippen LogP contribution in [-0.2, 0) is 33.3 Å². The van der Waals surface area contributed by atoms with Crippen LogP contribution in [0.3, 0.4) is 0 Å². The average Bonchev–Trinajstić information content (AvgIpc) is 2.61. The van der Waals surface area contributed by atoms with Crippen molar-refractivity contribution in [2.75, 3.05) is 13.2 Å². The summed E-state index contributed by atoms with van der Waals surface area (Å²) in [6.07, 6.45) is -3.90. The molecule has 0 amide bonds. The summed E-state index contributed by atoms with van der Waals surface area (Å²) in [4.78, 5) is 34.0. The molecule has 0 bridgehead atoms. The van der Waals surface area contributed by atoms with Crippen LogP contribution in [0.5, 0.6) is 5.75 Å². The molecule has 162 valence electrons. The summed E-state index contributed by atoms with van der Waals surface area (Å²) in [5.41, 5.74) is 5.73. The second-order valence-corrected chi connectivity index (χ2v) is 6.56. The monoisotopic (exact) mass is 431 g/mol. The normalized spacial score (nSPS) is 14.8. The Morgan fingerprint density at radius 3 is 2.21 bits per heavy atom. The van der Waals surface area contributed by atoms with Gasteiger partial charge >= 0.3 is 17.9 Å². The van der Waals surface area contributed by atoms with Crippen LogP contribution in [0.4, 0.5) is 0 Å². The molecule has 0 fully saturated rings. The molecule has 0 heterocycles. The lowest BCUT2D eigenvalue weighted by atomic mass is 10.2. The van der Waals surface area contributed by atoms with Crippen LogP contribution in [0.2, 0.25) is 5.02 Å². The zero-order chi connectivity index (χ0) is 22.0. The minimum atomic E-state index is -1.19. The lowest BCUT2D eigenvalue weighted by Gasteiger charge is -2.32. The van der Waals surface area contributed by atoms with Crippen LogP contribution in [0.25, 0.3) is 0 Å². The topological polar surface area (TPSA) is 123 Å². The third-order valence-electron chi connectivity index (χ3n) is 3.54. The van der Waals surface area contributed by atoms with Crippen molar-refractivity contribution in [2.45, 2.75) is 52.3 Å². The van der Waals surface area contributed by atoms with Crippen molar-refractivity contribution in [3.05, 3.63) is 29.3 Å². The predicted molar refractivity (Wildman–Crippen MR) is 103 cm³/mol. The van der Waals surface area contributed by atoms with Gasteiger partial charge in [-0.2, -0.15) is 0 Å². The van der Waals surface area contributed by atoms with Gasteiger partial charge in [0.1, 0.15) is 24.6 Å². The third kappa shape index (κ3) is 9.60. The highest BCUT2D eigenvalue weighted by Gasteiger charge is 2.33. The van der Waals surface area contributed by atoms with E-state index in [1.165, 1.54) is 26.8 Å². The molecule has 0 aliphatic rings. The maximum absolute atomic E-state index is 11.5. The van der Waals surface area contributed by atoms with Crippen LogP contribution in [0, 0.1) is 0 Å². The molecular weight excluding hydrogens is 406 g/mol. The molecule has 1 rings (SSSR count). The van der Waals surface area contributed by atoms with E-state index in [1.54, 1.807) is 25.1 Å². The van der Waals surface area contributed by atoms with E-state index < -0.39 is 42.5 Å². The number of nitrogens with two attached hydrogens (primary N) is 1. The van der Waals surface area contributed by atoms with Gasteiger partial charge in [-0.15, -0.1) is 0 Å². The second-order valence-electron chi connectivity index (χ2n) is 6.12. The van der Waals surface area contributed by atoms with Gasteiger partial charge in [0.05, 0.1) is 0 Å². The smallest absolute Gasteiger partial charge is 0.303 e. The molecular formula is C19H26ClNO8. The minimum absolute atomic E-state index is 0.118. The number of halogens is 1. The largest absolute Gasteiger partial charge is 0.463 e. The van der Waals surface area contributed by atoms with Gasteiger partial charge < -0.3 is 29.4 Å². The Hall–Kier alpha value is -2.36. The predicted octanol–water partition coefficient (Wildman–Crippen LogP) is 1.84. The maximum Gasteiger partial charge on any atom is 0.303 e. The highest BCUT2D eigenvalue weighted by molar-refractivity contribution is 6.30. The molecule has 4 atom stereocenters. The second kappa shape index (κ2) is 12.3. The van der Waals surface area contributed by atoms with E-state index in [-0.39, 0.29) is 13.2 Å². The Morgan fingerprint density at radius 2 is 1.69 bits per heavy atom. The fourth-order valence-corrected chi connectivity index (χ4v) is 2.47. The van der Waals surface area contributed by atoms with Gasteiger partial charge in [-0.05, 0) is 25.1 Å². The van der Waals surface area contributed by atoms with E-state index in [4.69, 9.17) is 41.0 Å². The Labute approximate surface area is 174 Å². The number of esters is 3. The van der Waals surface area contributed by atoms with Crippen LogP contribution in [-0.4, -0.2) is 55.7 Å². The summed E-state index contributed by atoms with van der Waals surface area (Å²) in [6.45, 7) is 4.91. The zero-order valence-electron chi connectivity index (χ0n) is 16.8. The van der Waals surface area contributed by atoms with E-state index in [9.17, 15) is 14.4 Å². The molecule has 0 saturated heterocycles. The van der Waals surface area contributed by atoms with Gasteiger partial charge in [0, 0.05) is 32.3 Å². The molecule has 0 aliphatic carbocycles. The number of carbonyl (C=O) groups excluding carboxylic acids is 3. The van der Waals surface area contributed by atoms with Crippen molar-refractivity contribution in [3.8, 4) is 5.75 Å². The first-order valence-corrected chi connectivity index (χ1v) is 9.25. The maximum atomic E-state index is 11.5. The van der Waals surface area contributed by atoms with Crippen molar-refractivity contribution in [1.82, 2.24) is 0 Å². The molecule has 0 radical (unpaired) electrons. The number of ether oxygens (including phenoxy) is 5. The van der Waals surface area contributed by atoms with Crippen molar-refractivity contribution in [1.29, 1.82) is 0 Å². The number of rotatable bonds is 11. The first-order chi connectivity index (χ1) is 13.6. The molecule has 1 aromatic rings. The first kappa shape index (κ1) is 24.7. The molecule has 9 nitrogen and oxygen atoms in total. The van der Waals surface area contributed by atoms with Gasteiger partial charge in [0.2, 0.25) is 6.29 Å². The summed E-state index contributed by atoms with van der Waals surface area (Å²) in [5.74, 6) is -1.35. The van der Waals surface area contributed by atoms with Crippen molar-refractivity contribution in [2.24, 2.45) is 5.73 Å². The SMILES string of the molecule is CC(=O)OCC(OC(Oc1cccc(Cl)c1)[C@H](CN)OC(C)=O)[C@@H](C)OC(C)=O. The minimum Gasteiger partial charge on any atom is -0.463 e. The van der Waals surface area contributed by atoms with E-state index >= 15 is 0 Å². The fraction of sp³-hybridized carbons (Fsp3) is 0.526. The lowest BCUT2D eigenvalue weighted by molar-refractivity contribution is -0.216. The Kier molecular flexibility index (Phi) is 10.4. The lowest BCUT2D eigenvalue weighted by Crippen LogP contribution is -2.48. The van der Waals surface area contributed by atoms with Crippen molar-refractivity contribution >= 4 is 29.5 Å². The van der Waals surface area contributed by atoms with E-state index in [2.05, 4.69) is 0 Å². The summed E-state index contributed by atoms with van der Waals surface area (Å²) in [5, 5.41) is 0.419. The molecule has 1 aromatic carbocycles. The van der Waals surface area contributed by atoms with Gasteiger partial charge in [-0.25, -0.2) is 0 Å². The summed E-state index contributed by atoms with van der Waals surface area (Å²) < 4.78 is 27.0. The molecule has 2 unspecified atom stereocenters. The number of hydrogen-bond donors (Lipinski definition) is 1. The Balaban J connectivity index is 3.11. The average molecular weight is 432 g/mol. The molecule has 0 saturated carbocycles. The van der Waals surface area contributed by atoms with Crippen molar-refractivity contribution < 1.29 is 38.1 Å². The molecule has 2 N–H and O–H groups in total. The molecule has 29 heavy (non-hydrogen) atoms. The summed E-state index contributed by atoms with van der Waals surface area (Å²) in [7, 11) is 0. The van der Waals surface area contributed by atoms with Crippen LogP contribution >= 0.6 is 11.6 Å². The Morgan fingerprint density at radius 1 is 1.03 bits per heavy atom. The zero-order valence-corrected chi connectivity index (χ0v) is 17.5. The van der Waals surface area contributed by atoms with Gasteiger partial charge in [0.25, 0.3) is 0 Å². The van der Waals surface area contributed by atoms with E-state index in [0.717, 1.165) is 0 Å². The molecule has 0 aliphatic heterocycles. The quantitative estimate of drug-likeness (QED) is 0.317. The molecule has 0 spiro atoms. The standard InChI is InChI=1S/C19H26ClNO8/c1-11(26-13(3)23)18(10-25-12(2)22)29-19(17(9-21)27-14(4)24)28-16-7-5-6-15(20)8-16/h5-8,11,17-19H,9-10,21H2,1-4H3/t11-,17+,18?,19?/m1/s1. The highest BCUT2D eigenvalue weighted by atomic mass is 35.5. The summed E-state index contributed by atoms with van der Waals surface area (Å²) in [6, 6.07) is 6.48. The highest BCUT2D eigenvalue weighted by Crippen LogP contribution is 2.22. The number of hydrogen-bond acceptors (Lipinski definition) is 9.